The molecule has 72 valence electrons. The predicted molar refractivity (Wildman–Crippen MR) is 52.8 cm³/mol. The highest BCUT2D eigenvalue weighted by Gasteiger charge is 2.20. The van der Waals surface area contributed by atoms with Crippen molar-refractivity contribution in [2.75, 3.05) is 13.2 Å². The summed E-state index contributed by atoms with van der Waals surface area (Å²) in [7, 11) is 0. The molecule has 0 radical (unpaired) electrons. The lowest BCUT2D eigenvalue weighted by molar-refractivity contribution is 0.111. The van der Waals surface area contributed by atoms with E-state index in [1.807, 2.05) is 0 Å². The molecule has 0 aromatic carbocycles. The predicted octanol–water partition coefficient (Wildman–Crippen LogP) is 1.50. The Kier molecular flexibility index (Phi) is 2.93. The lowest BCUT2D eigenvalue weighted by Crippen LogP contribution is -2.03. The quantitative estimate of drug-likeness (QED) is 0.800. The van der Waals surface area contributed by atoms with Gasteiger partial charge < -0.3 is 10.5 Å². The van der Waals surface area contributed by atoms with Gasteiger partial charge in [-0.2, -0.15) is 0 Å². The van der Waals surface area contributed by atoms with Gasteiger partial charge in [-0.25, -0.2) is 4.98 Å². The molecule has 1 saturated heterocycles. The first-order chi connectivity index (χ1) is 6.40. The maximum Gasteiger partial charge on any atom is 0.122 e. The third-order valence-corrected chi connectivity index (χ3v) is 3.16. The first kappa shape index (κ1) is 9.12. The zero-order valence-corrected chi connectivity index (χ0v) is 8.35. The monoisotopic (exact) mass is 198 g/mol. The molecule has 1 aromatic heterocycles. The maximum absolute atomic E-state index is 5.55. The van der Waals surface area contributed by atoms with Gasteiger partial charge in [0.15, 0.2) is 0 Å². The van der Waals surface area contributed by atoms with Crippen LogP contribution in [0.5, 0.6) is 0 Å². The fourth-order valence-corrected chi connectivity index (χ4v) is 2.44. The lowest BCUT2D eigenvalue weighted by Gasteiger charge is -2.03. The summed E-state index contributed by atoms with van der Waals surface area (Å²) in [5, 5.41) is 3.21. The Morgan fingerprint density at radius 1 is 1.69 bits per heavy atom. The zero-order chi connectivity index (χ0) is 9.10. The van der Waals surface area contributed by atoms with E-state index >= 15 is 0 Å². The molecule has 1 atom stereocenters. The first-order valence-corrected chi connectivity index (χ1v) is 5.54. The topological polar surface area (TPSA) is 48.1 Å². The summed E-state index contributed by atoms with van der Waals surface area (Å²) in [4.78, 5) is 4.50. The third-order valence-electron chi connectivity index (χ3n) is 2.18. The normalized spacial score (nSPS) is 22.4. The van der Waals surface area contributed by atoms with Crippen molar-refractivity contribution in [2.45, 2.75) is 25.4 Å². The van der Waals surface area contributed by atoms with Crippen LogP contribution < -0.4 is 5.73 Å². The molecule has 0 amide bonds. The van der Waals surface area contributed by atoms with E-state index in [1.54, 1.807) is 11.3 Å². The standard InChI is InChI=1S/C9H14N2OS/c10-4-3-7-6-13-9(11-7)8-2-1-5-12-8/h6,8H,1-5,10H2. The summed E-state index contributed by atoms with van der Waals surface area (Å²) in [6.07, 6.45) is 3.42. The van der Waals surface area contributed by atoms with Gasteiger partial charge in [0.1, 0.15) is 11.1 Å². The number of rotatable bonds is 3. The van der Waals surface area contributed by atoms with E-state index in [9.17, 15) is 0 Å². The number of nitrogens with zero attached hydrogens (tertiary/aromatic N) is 1. The molecular weight excluding hydrogens is 184 g/mol. The van der Waals surface area contributed by atoms with Gasteiger partial charge in [0.2, 0.25) is 0 Å². The summed E-state index contributed by atoms with van der Waals surface area (Å²) in [5.41, 5.74) is 6.57. The van der Waals surface area contributed by atoms with E-state index in [4.69, 9.17) is 10.5 Å². The van der Waals surface area contributed by atoms with Crippen LogP contribution in [0.15, 0.2) is 5.38 Å². The van der Waals surface area contributed by atoms with E-state index in [-0.39, 0.29) is 6.10 Å². The van der Waals surface area contributed by atoms with E-state index in [1.165, 1.54) is 0 Å². The molecule has 4 heteroatoms. The van der Waals surface area contributed by atoms with Gasteiger partial charge >= 0.3 is 0 Å². The number of ether oxygens (including phenoxy) is 1. The molecule has 1 aliphatic rings. The fourth-order valence-electron chi connectivity index (χ4n) is 1.51. The highest BCUT2D eigenvalue weighted by molar-refractivity contribution is 7.09. The second kappa shape index (κ2) is 4.17. The molecule has 1 unspecified atom stereocenters. The molecule has 0 saturated carbocycles. The minimum absolute atomic E-state index is 0.261. The molecule has 0 aliphatic carbocycles. The summed E-state index contributed by atoms with van der Waals surface area (Å²) < 4.78 is 5.55. The van der Waals surface area contributed by atoms with E-state index in [2.05, 4.69) is 10.4 Å². The second-order valence-corrected chi connectivity index (χ2v) is 4.11. The van der Waals surface area contributed by atoms with Gasteiger partial charge in [-0.05, 0) is 19.4 Å². The van der Waals surface area contributed by atoms with Crippen LogP contribution in [0.4, 0.5) is 0 Å². The van der Waals surface area contributed by atoms with Crippen molar-refractivity contribution in [2.24, 2.45) is 5.73 Å². The Bertz CT molecular complexity index is 268. The van der Waals surface area contributed by atoms with Crippen LogP contribution in [-0.2, 0) is 11.2 Å². The van der Waals surface area contributed by atoms with Crippen LogP contribution in [0.25, 0.3) is 0 Å². The maximum atomic E-state index is 5.55. The average Bonchev–Trinajstić information content (AvgIpc) is 2.70. The SMILES string of the molecule is NCCc1csc(C2CCCO2)n1. The third kappa shape index (κ3) is 2.07. The van der Waals surface area contributed by atoms with Crippen LogP contribution in [0.3, 0.4) is 0 Å². The molecule has 0 spiro atoms. The Morgan fingerprint density at radius 2 is 2.62 bits per heavy atom. The van der Waals surface area contributed by atoms with Gasteiger partial charge in [-0.15, -0.1) is 11.3 Å². The Hall–Kier alpha value is -0.450. The molecule has 2 rings (SSSR count). The largest absolute Gasteiger partial charge is 0.371 e. The van der Waals surface area contributed by atoms with Crippen LogP contribution in [0.2, 0.25) is 0 Å². The van der Waals surface area contributed by atoms with Crippen molar-refractivity contribution < 1.29 is 4.74 Å². The average molecular weight is 198 g/mol. The Morgan fingerprint density at radius 3 is 3.31 bits per heavy atom. The highest BCUT2D eigenvalue weighted by atomic mass is 32.1. The van der Waals surface area contributed by atoms with Crippen molar-refractivity contribution in [3.8, 4) is 0 Å². The van der Waals surface area contributed by atoms with Crippen molar-refractivity contribution in [1.82, 2.24) is 4.98 Å². The molecule has 1 aliphatic heterocycles. The smallest absolute Gasteiger partial charge is 0.122 e. The molecule has 13 heavy (non-hydrogen) atoms. The number of hydrogen-bond donors (Lipinski definition) is 1. The summed E-state index contributed by atoms with van der Waals surface area (Å²) >= 11 is 1.70. The molecule has 2 N–H and O–H groups in total. The van der Waals surface area contributed by atoms with Crippen LogP contribution in [-0.4, -0.2) is 18.1 Å². The minimum atomic E-state index is 0.261. The Labute approximate surface area is 81.9 Å². The number of aromatic nitrogens is 1. The van der Waals surface area contributed by atoms with E-state index in [0.29, 0.717) is 6.54 Å². The van der Waals surface area contributed by atoms with Gasteiger partial charge in [0, 0.05) is 18.4 Å². The number of nitrogens with two attached hydrogens (primary N) is 1. The first-order valence-electron chi connectivity index (χ1n) is 4.66. The van der Waals surface area contributed by atoms with Gasteiger partial charge in [-0.3, -0.25) is 0 Å². The van der Waals surface area contributed by atoms with E-state index < -0.39 is 0 Å². The van der Waals surface area contributed by atoms with Gasteiger partial charge in [-0.1, -0.05) is 0 Å². The van der Waals surface area contributed by atoms with Crippen molar-refractivity contribution in [3.63, 3.8) is 0 Å². The summed E-state index contributed by atoms with van der Waals surface area (Å²) in [5.74, 6) is 0. The Balaban J connectivity index is 2.03. The molecule has 2 heterocycles. The van der Waals surface area contributed by atoms with E-state index in [0.717, 1.165) is 36.6 Å². The summed E-state index contributed by atoms with van der Waals surface area (Å²) in [6.45, 7) is 1.56. The zero-order valence-electron chi connectivity index (χ0n) is 7.53. The molecular formula is C9H14N2OS. The molecule has 3 nitrogen and oxygen atoms in total. The minimum Gasteiger partial charge on any atom is -0.371 e. The van der Waals surface area contributed by atoms with Crippen molar-refractivity contribution in [3.05, 3.63) is 16.1 Å². The fraction of sp³-hybridized carbons (Fsp3) is 0.667. The number of hydrogen-bond acceptors (Lipinski definition) is 4. The summed E-state index contributed by atoms with van der Waals surface area (Å²) in [6, 6.07) is 0. The second-order valence-electron chi connectivity index (χ2n) is 3.22. The van der Waals surface area contributed by atoms with Crippen LogP contribution in [0.1, 0.15) is 29.6 Å². The van der Waals surface area contributed by atoms with Crippen molar-refractivity contribution in [1.29, 1.82) is 0 Å². The van der Waals surface area contributed by atoms with Crippen LogP contribution >= 0.6 is 11.3 Å². The van der Waals surface area contributed by atoms with Gasteiger partial charge in [0.05, 0.1) is 5.69 Å². The lowest BCUT2D eigenvalue weighted by atomic mass is 10.2. The number of thiazole rings is 1. The van der Waals surface area contributed by atoms with Crippen LogP contribution in [0, 0.1) is 0 Å². The van der Waals surface area contributed by atoms with Gasteiger partial charge in [0.25, 0.3) is 0 Å². The molecule has 1 fully saturated rings. The molecule has 1 aromatic rings. The van der Waals surface area contributed by atoms with Crippen molar-refractivity contribution >= 4 is 11.3 Å². The highest BCUT2D eigenvalue weighted by Crippen LogP contribution is 2.30. The molecule has 0 bridgehead atoms.